The highest BCUT2D eigenvalue weighted by Crippen LogP contribution is 2.39. The van der Waals surface area contributed by atoms with E-state index in [1.165, 1.54) is 32.8 Å². The van der Waals surface area contributed by atoms with Crippen molar-refractivity contribution in [2.75, 3.05) is 31.3 Å². The van der Waals surface area contributed by atoms with E-state index in [2.05, 4.69) is 0 Å². The van der Waals surface area contributed by atoms with E-state index < -0.39 is 11.9 Å². The van der Waals surface area contributed by atoms with Crippen LogP contribution in [-0.2, 0) is 4.74 Å². The molecule has 1 aliphatic carbocycles. The van der Waals surface area contributed by atoms with Gasteiger partial charge < -0.3 is 21.1 Å². The maximum Gasteiger partial charge on any atom is 0.350 e. The van der Waals surface area contributed by atoms with Gasteiger partial charge in [-0.2, -0.15) is 0 Å². The number of nitrogens with zero attached hydrogens (tertiary/aromatic N) is 1. The van der Waals surface area contributed by atoms with Crippen molar-refractivity contribution in [3.8, 4) is 0 Å². The predicted molar refractivity (Wildman–Crippen MR) is 83.8 cm³/mol. The Morgan fingerprint density at radius 1 is 1.38 bits per heavy atom. The zero-order valence-corrected chi connectivity index (χ0v) is 13.2. The zero-order valence-electron chi connectivity index (χ0n) is 12.3. The Hall–Kier alpha value is -1.76. The van der Waals surface area contributed by atoms with Crippen LogP contribution in [0, 0.1) is 5.92 Å². The van der Waals surface area contributed by atoms with Gasteiger partial charge in [0.25, 0.3) is 5.91 Å². The number of anilines is 2. The average molecular weight is 311 g/mol. The number of primary amides is 1. The minimum absolute atomic E-state index is 0.118. The third-order valence-electron chi connectivity index (χ3n) is 3.90. The van der Waals surface area contributed by atoms with Crippen molar-refractivity contribution in [3.05, 3.63) is 10.4 Å². The van der Waals surface area contributed by atoms with Crippen LogP contribution in [0.3, 0.4) is 0 Å². The van der Waals surface area contributed by atoms with E-state index in [1.54, 1.807) is 0 Å². The topological polar surface area (TPSA) is 98.6 Å². The molecule has 2 rings (SSSR count). The first-order valence-corrected chi connectivity index (χ1v) is 7.78. The highest BCUT2D eigenvalue weighted by molar-refractivity contribution is 7.19. The molecule has 0 atom stereocenters. The standard InChI is InChI=1S/C14H21N3O3S/c1-17(7-8-5-3-4-6-8)13-9(12(16)18)10(15)11(21-13)14(19)20-2/h8H,3-7,15H2,1-2H3,(H2,16,18). The molecule has 0 aliphatic heterocycles. The molecule has 0 saturated heterocycles. The van der Waals surface area contributed by atoms with Crippen LogP contribution in [0.5, 0.6) is 0 Å². The van der Waals surface area contributed by atoms with E-state index in [-0.39, 0.29) is 16.1 Å². The summed E-state index contributed by atoms with van der Waals surface area (Å²) >= 11 is 1.16. The Morgan fingerprint density at radius 2 is 2.00 bits per heavy atom. The smallest absolute Gasteiger partial charge is 0.350 e. The summed E-state index contributed by atoms with van der Waals surface area (Å²) in [4.78, 5) is 25.6. The summed E-state index contributed by atoms with van der Waals surface area (Å²) in [6.45, 7) is 0.834. The fourth-order valence-corrected chi connectivity index (χ4v) is 3.96. The Labute approximate surface area is 128 Å². The predicted octanol–water partition coefficient (Wildman–Crippen LogP) is 1.84. The van der Waals surface area contributed by atoms with Crippen LogP contribution in [0.2, 0.25) is 0 Å². The summed E-state index contributed by atoms with van der Waals surface area (Å²) < 4.78 is 4.70. The minimum atomic E-state index is -0.618. The number of ether oxygens (including phenoxy) is 1. The second kappa shape index (κ2) is 6.34. The first-order valence-electron chi connectivity index (χ1n) is 6.97. The van der Waals surface area contributed by atoms with Gasteiger partial charge >= 0.3 is 5.97 Å². The molecule has 0 aromatic carbocycles. The van der Waals surface area contributed by atoms with Gasteiger partial charge in [0.2, 0.25) is 0 Å². The van der Waals surface area contributed by atoms with Gasteiger partial charge in [-0.25, -0.2) is 4.79 Å². The van der Waals surface area contributed by atoms with Crippen LogP contribution < -0.4 is 16.4 Å². The largest absolute Gasteiger partial charge is 0.465 e. The quantitative estimate of drug-likeness (QED) is 0.808. The maximum absolute atomic E-state index is 11.7. The van der Waals surface area contributed by atoms with Crippen molar-refractivity contribution < 1.29 is 14.3 Å². The van der Waals surface area contributed by atoms with Gasteiger partial charge in [0.15, 0.2) is 0 Å². The average Bonchev–Trinajstić information content (AvgIpc) is 3.05. The van der Waals surface area contributed by atoms with Crippen molar-refractivity contribution in [1.29, 1.82) is 0 Å². The number of thiophene rings is 1. The first kappa shape index (κ1) is 15.6. The number of amides is 1. The van der Waals surface area contributed by atoms with Gasteiger partial charge in [-0.3, -0.25) is 4.79 Å². The third-order valence-corrected chi connectivity index (χ3v) is 5.20. The zero-order chi connectivity index (χ0) is 15.6. The van der Waals surface area contributed by atoms with E-state index in [0.29, 0.717) is 10.9 Å². The molecule has 21 heavy (non-hydrogen) atoms. The SMILES string of the molecule is COC(=O)c1sc(N(C)CC2CCCC2)c(C(N)=O)c1N. The van der Waals surface area contributed by atoms with Gasteiger partial charge in [0.05, 0.1) is 18.4 Å². The Kier molecular flexibility index (Phi) is 4.72. The van der Waals surface area contributed by atoms with E-state index in [4.69, 9.17) is 16.2 Å². The molecular weight excluding hydrogens is 290 g/mol. The number of rotatable bonds is 5. The van der Waals surface area contributed by atoms with Gasteiger partial charge in [-0.1, -0.05) is 12.8 Å². The highest BCUT2D eigenvalue weighted by atomic mass is 32.1. The van der Waals surface area contributed by atoms with Gasteiger partial charge in [0, 0.05) is 13.6 Å². The van der Waals surface area contributed by atoms with Crippen LogP contribution in [0.1, 0.15) is 45.7 Å². The minimum Gasteiger partial charge on any atom is -0.465 e. The van der Waals surface area contributed by atoms with Crippen molar-refractivity contribution in [2.24, 2.45) is 11.7 Å². The lowest BCUT2D eigenvalue weighted by Gasteiger charge is -2.22. The molecule has 116 valence electrons. The monoisotopic (exact) mass is 311 g/mol. The summed E-state index contributed by atoms with van der Waals surface area (Å²) in [6.07, 6.45) is 4.89. The lowest BCUT2D eigenvalue weighted by molar-refractivity contribution is 0.0607. The maximum atomic E-state index is 11.7. The second-order valence-electron chi connectivity index (χ2n) is 5.41. The number of methoxy groups -OCH3 is 1. The van der Waals surface area contributed by atoms with Gasteiger partial charge in [0.1, 0.15) is 9.88 Å². The third kappa shape index (κ3) is 3.12. The van der Waals surface area contributed by atoms with Crippen LogP contribution in [0.4, 0.5) is 10.7 Å². The second-order valence-corrected chi connectivity index (χ2v) is 6.41. The molecular formula is C14H21N3O3S. The van der Waals surface area contributed by atoms with Crippen molar-refractivity contribution >= 4 is 33.9 Å². The van der Waals surface area contributed by atoms with Crippen molar-refractivity contribution in [1.82, 2.24) is 0 Å². The Morgan fingerprint density at radius 3 is 2.52 bits per heavy atom. The Bertz CT molecular complexity index is 550. The van der Waals surface area contributed by atoms with Crippen molar-refractivity contribution in [3.63, 3.8) is 0 Å². The number of carbonyl (C=O) groups excluding carboxylic acids is 2. The summed E-state index contributed by atoms with van der Waals surface area (Å²) in [5.41, 5.74) is 11.7. The molecule has 1 fully saturated rings. The molecule has 1 aromatic rings. The molecule has 7 heteroatoms. The number of nitrogens with two attached hydrogens (primary N) is 2. The van der Waals surface area contributed by atoms with Crippen molar-refractivity contribution in [2.45, 2.75) is 25.7 Å². The van der Waals surface area contributed by atoms with Crippen LogP contribution in [0.15, 0.2) is 0 Å². The first-order chi connectivity index (χ1) is 9.95. The van der Waals surface area contributed by atoms with Crippen LogP contribution in [0.25, 0.3) is 0 Å². The number of carbonyl (C=O) groups is 2. The van der Waals surface area contributed by atoms with Gasteiger partial charge in [-0.15, -0.1) is 11.3 Å². The molecule has 4 N–H and O–H groups in total. The number of nitrogen functional groups attached to an aromatic ring is 1. The van der Waals surface area contributed by atoms with E-state index in [1.807, 2.05) is 11.9 Å². The fourth-order valence-electron chi connectivity index (χ4n) is 2.85. The molecule has 0 bridgehead atoms. The van der Waals surface area contributed by atoms with E-state index >= 15 is 0 Å². The van der Waals surface area contributed by atoms with E-state index in [0.717, 1.165) is 17.9 Å². The Balaban J connectivity index is 2.32. The summed E-state index contributed by atoms with van der Waals surface area (Å²) in [5.74, 6) is -0.548. The van der Waals surface area contributed by atoms with Crippen LogP contribution in [-0.4, -0.2) is 32.6 Å². The summed E-state index contributed by atoms with van der Waals surface area (Å²) in [5, 5.41) is 0.646. The fraction of sp³-hybridized carbons (Fsp3) is 0.571. The molecule has 1 heterocycles. The van der Waals surface area contributed by atoms with Crippen LogP contribution >= 0.6 is 11.3 Å². The normalized spacial score (nSPS) is 15.1. The summed E-state index contributed by atoms with van der Waals surface area (Å²) in [6, 6.07) is 0. The molecule has 1 amide bonds. The molecule has 0 spiro atoms. The molecule has 1 saturated carbocycles. The van der Waals surface area contributed by atoms with Gasteiger partial charge in [-0.05, 0) is 18.8 Å². The number of hydrogen-bond acceptors (Lipinski definition) is 6. The summed E-state index contributed by atoms with van der Waals surface area (Å²) in [7, 11) is 3.18. The number of esters is 1. The molecule has 0 unspecified atom stereocenters. The number of hydrogen-bond donors (Lipinski definition) is 2. The molecule has 6 nitrogen and oxygen atoms in total. The molecule has 1 aromatic heterocycles. The molecule has 0 radical (unpaired) electrons. The highest BCUT2D eigenvalue weighted by Gasteiger charge is 2.28. The lowest BCUT2D eigenvalue weighted by atomic mass is 10.1. The lowest BCUT2D eigenvalue weighted by Crippen LogP contribution is -2.26. The van der Waals surface area contributed by atoms with E-state index in [9.17, 15) is 9.59 Å². The molecule has 1 aliphatic rings.